The molecular formula is C13H16BrClN2O. The van der Waals surface area contributed by atoms with Crippen molar-refractivity contribution in [2.45, 2.75) is 12.8 Å². The van der Waals surface area contributed by atoms with Gasteiger partial charge in [0.2, 0.25) is 0 Å². The summed E-state index contributed by atoms with van der Waals surface area (Å²) in [6.07, 6.45) is 1.96. The Morgan fingerprint density at radius 3 is 2.72 bits per heavy atom. The fourth-order valence-corrected chi connectivity index (χ4v) is 2.78. The number of hydrogen-bond acceptors (Lipinski definition) is 2. The van der Waals surface area contributed by atoms with Gasteiger partial charge in [-0.2, -0.15) is 0 Å². The topological polar surface area (TPSA) is 46.3 Å². The van der Waals surface area contributed by atoms with Gasteiger partial charge in [0.15, 0.2) is 0 Å². The standard InChI is InChI=1S/C13H16BrClN2O/c14-11-3-1-2-10(12(11)15)13(18)17-6-4-9(8-16)5-7-17/h1-3,9H,4-8,16H2. The molecule has 1 heterocycles. The zero-order valence-corrected chi connectivity index (χ0v) is 12.4. The lowest BCUT2D eigenvalue weighted by Crippen LogP contribution is -2.40. The molecule has 1 aliphatic heterocycles. The van der Waals surface area contributed by atoms with Gasteiger partial charge in [-0.15, -0.1) is 0 Å². The highest BCUT2D eigenvalue weighted by atomic mass is 79.9. The number of likely N-dealkylation sites (tertiary alicyclic amines) is 1. The first-order chi connectivity index (χ1) is 8.63. The molecule has 0 unspecified atom stereocenters. The van der Waals surface area contributed by atoms with Crippen LogP contribution in [0.25, 0.3) is 0 Å². The maximum absolute atomic E-state index is 12.4. The van der Waals surface area contributed by atoms with Crippen LogP contribution in [0.15, 0.2) is 22.7 Å². The van der Waals surface area contributed by atoms with E-state index in [0.29, 0.717) is 23.0 Å². The molecule has 1 aliphatic rings. The zero-order valence-electron chi connectivity index (χ0n) is 10.0. The van der Waals surface area contributed by atoms with Crippen molar-refractivity contribution in [2.24, 2.45) is 11.7 Å². The van der Waals surface area contributed by atoms with Crippen LogP contribution in [-0.4, -0.2) is 30.4 Å². The highest BCUT2D eigenvalue weighted by Crippen LogP contribution is 2.28. The van der Waals surface area contributed by atoms with Crippen molar-refractivity contribution in [3.05, 3.63) is 33.3 Å². The molecule has 1 fully saturated rings. The van der Waals surface area contributed by atoms with E-state index in [9.17, 15) is 4.79 Å². The molecule has 0 atom stereocenters. The van der Waals surface area contributed by atoms with Gasteiger partial charge in [-0.05, 0) is 53.4 Å². The first-order valence-corrected chi connectivity index (χ1v) is 7.24. The molecule has 3 nitrogen and oxygen atoms in total. The maximum Gasteiger partial charge on any atom is 0.255 e. The monoisotopic (exact) mass is 330 g/mol. The van der Waals surface area contributed by atoms with Crippen molar-refractivity contribution >= 4 is 33.4 Å². The predicted molar refractivity (Wildman–Crippen MR) is 76.8 cm³/mol. The third-order valence-corrected chi connectivity index (χ3v) is 4.71. The normalized spacial score (nSPS) is 16.9. The van der Waals surface area contributed by atoms with Crippen molar-refractivity contribution in [1.82, 2.24) is 4.90 Å². The molecule has 0 radical (unpaired) electrons. The highest BCUT2D eigenvalue weighted by molar-refractivity contribution is 9.10. The van der Waals surface area contributed by atoms with Gasteiger partial charge in [0.05, 0.1) is 10.6 Å². The van der Waals surface area contributed by atoms with Crippen molar-refractivity contribution in [3.63, 3.8) is 0 Å². The summed E-state index contributed by atoms with van der Waals surface area (Å²) in [5.74, 6) is 0.559. The molecule has 5 heteroatoms. The van der Waals surface area contributed by atoms with Gasteiger partial charge in [-0.1, -0.05) is 17.7 Å². The Morgan fingerprint density at radius 2 is 2.11 bits per heavy atom. The van der Waals surface area contributed by atoms with Gasteiger partial charge in [0.1, 0.15) is 0 Å². The van der Waals surface area contributed by atoms with Crippen molar-refractivity contribution in [2.75, 3.05) is 19.6 Å². The molecule has 98 valence electrons. The minimum Gasteiger partial charge on any atom is -0.339 e. The van der Waals surface area contributed by atoms with Gasteiger partial charge >= 0.3 is 0 Å². The number of benzene rings is 1. The molecule has 0 spiro atoms. The SMILES string of the molecule is NCC1CCN(C(=O)c2cccc(Br)c2Cl)CC1. The summed E-state index contributed by atoms with van der Waals surface area (Å²) in [4.78, 5) is 14.2. The fraction of sp³-hybridized carbons (Fsp3) is 0.462. The summed E-state index contributed by atoms with van der Waals surface area (Å²) in [5.41, 5.74) is 6.22. The largest absolute Gasteiger partial charge is 0.339 e. The third-order valence-electron chi connectivity index (χ3n) is 3.42. The summed E-state index contributed by atoms with van der Waals surface area (Å²) in [6.45, 7) is 2.24. The number of carbonyl (C=O) groups is 1. The Bertz CT molecular complexity index is 445. The molecule has 1 saturated heterocycles. The second kappa shape index (κ2) is 6.04. The average molecular weight is 332 g/mol. The van der Waals surface area contributed by atoms with Crippen LogP contribution in [0, 0.1) is 5.92 Å². The molecule has 0 bridgehead atoms. The Hall–Kier alpha value is -0.580. The fourth-order valence-electron chi connectivity index (χ4n) is 2.21. The molecule has 2 rings (SSSR count). The Morgan fingerprint density at radius 1 is 1.44 bits per heavy atom. The van der Waals surface area contributed by atoms with Crippen LogP contribution in [0.3, 0.4) is 0 Å². The van der Waals surface area contributed by atoms with E-state index in [2.05, 4.69) is 15.9 Å². The molecule has 0 saturated carbocycles. The summed E-state index contributed by atoms with van der Waals surface area (Å²) in [7, 11) is 0. The quantitative estimate of drug-likeness (QED) is 0.905. The van der Waals surface area contributed by atoms with Crippen LogP contribution in [0.5, 0.6) is 0 Å². The molecule has 1 aromatic rings. The lowest BCUT2D eigenvalue weighted by Gasteiger charge is -2.31. The van der Waals surface area contributed by atoms with E-state index in [4.69, 9.17) is 17.3 Å². The maximum atomic E-state index is 12.4. The second-order valence-electron chi connectivity index (χ2n) is 4.57. The molecule has 1 aromatic carbocycles. The van der Waals surface area contributed by atoms with E-state index in [1.807, 2.05) is 17.0 Å². The average Bonchev–Trinajstić information content (AvgIpc) is 2.41. The molecule has 18 heavy (non-hydrogen) atoms. The van der Waals surface area contributed by atoms with Crippen LogP contribution >= 0.6 is 27.5 Å². The lowest BCUT2D eigenvalue weighted by atomic mass is 9.96. The minimum absolute atomic E-state index is 0.0109. The van der Waals surface area contributed by atoms with Crippen molar-refractivity contribution in [3.8, 4) is 0 Å². The first kappa shape index (κ1) is 13.8. The number of nitrogens with two attached hydrogens (primary N) is 1. The highest BCUT2D eigenvalue weighted by Gasteiger charge is 2.24. The van der Waals surface area contributed by atoms with Crippen molar-refractivity contribution < 1.29 is 4.79 Å². The minimum atomic E-state index is 0.0109. The summed E-state index contributed by atoms with van der Waals surface area (Å²) in [6, 6.07) is 5.43. The first-order valence-electron chi connectivity index (χ1n) is 6.07. The van der Waals surface area contributed by atoms with E-state index >= 15 is 0 Å². The lowest BCUT2D eigenvalue weighted by molar-refractivity contribution is 0.0693. The number of carbonyl (C=O) groups excluding carboxylic acids is 1. The molecular weight excluding hydrogens is 316 g/mol. The predicted octanol–water partition coefficient (Wildman–Crippen LogP) is 2.91. The van der Waals surface area contributed by atoms with Crippen LogP contribution < -0.4 is 5.73 Å². The summed E-state index contributed by atoms with van der Waals surface area (Å²) < 4.78 is 0.756. The number of piperidine rings is 1. The van der Waals surface area contributed by atoms with Crippen LogP contribution in [-0.2, 0) is 0 Å². The van der Waals surface area contributed by atoms with Gasteiger partial charge in [0, 0.05) is 17.6 Å². The Balaban J connectivity index is 2.10. The zero-order chi connectivity index (χ0) is 13.1. The number of nitrogens with zero attached hydrogens (tertiary/aromatic N) is 1. The van der Waals surface area contributed by atoms with E-state index < -0.39 is 0 Å². The van der Waals surface area contributed by atoms with Gasteiger partial charge < -0.3 is 10.6 Å². The van der Waals surface area contributed by atoms with E-state index in [-0.39, 0.29) is 5.91 Å². The van der Waals surface area contributed by atoms with Gasteiger partial charge in [-0.25, -0.2) is 0 Å². The van der Waals surface area contributed by atoms with E-state index in [0.717, 1.165) is 30.4 Å². The Labute approximate surface area is 120 Å². The molecule has 0 aromatic heterocycles. The summed E-state index contributed by atoms with van der Waals surface area (Å²) in [5, 5.41) is 0.489. The molecule has 1 amide bonds. The van der Waals surface area contributed by atoms with E-state index in [1.165, 1.54) is 0 Å². The number of halogens is 2. The smallest absolute Gasteiger partial charge is 0.255 e. The second-order valence-corrected chi connectivity index (χ2v) is 5.80. The van der Waals surface area contributed by atoms with Crippen molar-refractivity contribution in [1.29, 1.82) is 0 Å². The number of amides is 1. The number of hydrogen-bond donors (Lipinski definition) is 1. The van der Waals surface area contributed by atoms with Gasteiger partial charge in [0.25, 0.3) is 5.91 Å². The third kappa shape index (κ3) is 2.87. The van der Waals surface area contributed by atoms with Gasteiger partial charge in [-0.3, -0.25) is 4.79 Å². The van der Waals surface area contributed by atoms with Crippen LogP contribution in [0.4, 0.5) is 0 Å². The van der Waals surface area contributed by atoms with E-state index in [1.54, 1.807) is 6.07 Å². The number of rotatable bonds is 2. The molecule has 0 aliphatic carbocycles. The Kier molecular flexibility index (Phi) is 4.65. The summed E-state index contributed by atoms with van der Waals surface area (Å²) >= 11 is 9.49. The van der Waals surface area contributed by atoms with Crippen LogP contribution in [0.1, 0.15) is 23.2 Å². The van der Waals surface area contributed by atoms with Crippen LogP contribution in [0.2, 0.25) is 5.02 Å². The molecule has 2 N–H and O–H groups in total.